The predicted molar refractivity (Wildman–Crippen MR) is 96.7 cm³/mol. The standard InChI is InChI=1S/C19H31BrO/c1-18(2,3)15-19(4,5)16-9-11-17(12-10-16)21-14-8-6-7-13-20/h9-12H,6-8,13-15H2,1-5H3. The maximum absolute atomic E-state index is 5.81. The van der Waals surface area contributed by atoms with Crippen LogP contribution in [-0.4, -0.2) is 11.9 Å². The Morgan fingerprint density at radius 2 is 1.52 bits per heavy atom. The molecule has 0 amide bonds. The molecule has 0 heterocycles. The minimum atomic E-state index is 0.201. The lowest BCUT2D eigenvalue weighted by molar-refractivity contribution is 0.283. The molecule has 0 bridgehead atoms. The van der Waals surface area contributed by atoms with Crippen molar-refractivity contribution in [2.24, 2.45) is 5.41 Å². The minimum absolute atomic E-state index is 0.201. The molecule has 0 fully saturated rings. The van der Waals surface area contributed by atoms with Gasteiger partial charge >= 0.3 is 0 Å². The molecule has 0 aliphatic rings. The monoisotopic (exact) mass is 354 g/mol. The molecule has 0 aliphatic heterocycles. The van der Waals surface area contributed by atoms with Crippen LogP contribution in [0.5, 0.6) is 5.75 Å². The summed E-state index contributed by atoms with van der Waals surface area (Å²) < 4.78 is 5.81. The molecule has 120 valence electrons. The van der Waals surface area contributed by atoms with Crippen LogP contribution < -0.4 is 4.74 Å². The van der Waals surface area contributed by atoms with E-state index in [1.165, 1.54) is 24.8 Å². The Labute approximate surface area is 139 Å². The van der Waals surface area contributed by atoms with Gasteiger partial charge in [0.05, 0.1) is 6.61 Å². The van der Waals surface area contributed by atoms with E-state index >= 15 is 0 Å². The van der Waals surface area contributed by atoms with Gasteiger partial charge in [-0.25, -0.2) is 0 Å². The van der Waals surface area contributed by atoms with E-state index in [4.69, 9.17) is 4.74 Å². The Balaban J connectivity index is 2.53. The second kappa shape index (κ2) is 8.22. The quantitative estimate of drug-likeness (QED) is 0.390. The first kappa shape index (κ1) is 18.5. The van der Waals surface area contributed by atoms with Crippen molar-refractivity contribution in [1.29, 1.82) is 0 Å². The van der Waals surface area contributed by atoms with Crippen LogP contribution in [0.25, 0.3) is 0 Å². The first-order valence-electron chi connectivity index (χ1n) is 8.04. The van der Waals surface area contributed by atoms with Crippen molar-refractivity contribution in [2.45, 2.75) is 65.7 Å². The fraction of sp³-hybridized carbons (Fsp3) is 0.684. The molecule has 1 aromatic carbocycles. The van der Waals surface area contributed by atoms with E-state index in [1.54, 1.807) is 0 Å². The number of hydrogen-bond acceptors (Lipinski definition) is 1. The molecule has 0 radical (unpaired) electrons. The Bertz CT molecular complexity index is 401. The molecule has 0 saturated carbocycles. The van der Waals surface area contributed by atoms with Gasteiger partial charge in [0.2, 0.25) is 0 Å². The molecule has 0 spiro atoms. The van der Waals surface area contributed by atoms with Crippen molar-refractivity contribution < 1.29 is 4.74 Å². The van der Waals surface area contributed by atoms with Crippen molar-refractivity contribution in [3.63, 3.8) is 0 Å². The zero-order valence-electron chi connectivity index (χ0n) is 14.3. The number of hydrogen-bond donors (Lipinski definition) is 0. The van der Waals surface area contributed by atoms with Gasteiger partial charge in [-0.2, -0.15) is 0 Å². The van der Waals surface area contributed by atoms with Gasteiger partial charge in [0.25, 0.3) is 0 Å². The van der Waals surface area contributed by atoms with E-state index in [9.17, 15) is 0 Å². The summed E-state index contributed by atoms with van der Waals surface area (Å²) in [6.45, 7) is 12.4. The summed E-state index contributed by atoms with van der Waals surface area (Å²) in [6, 6.07) is 8.67. The minimum Gasteiger partial charge on any atom is -0.494 e. The molecule has 0 aliphatic carbocycles. The number of unbranched alkanes of at least 4 members (excludes halogenated alkanes) is 2. The van der Waals surface area contributed by atoms with Crippen LogP contribution in [0.2, 0.25) is 0 Å². The summed E-state index contributed by atoms with van der Waals surface area (Å²) in [5, 5.41) is 1.09. The summed E-state index contributed by atoms with van der Waals surface area (Å²) in [4.78, 5) is 0. The van der Waals surface area contributed by atoms with Gasteiger partial charge in [0, 0.05) is 5.33 Å². The maximum Gasteiger partial charge on any atom is 0.119 e. The van der Waals surface area contributed by atoms with Crippen molar-refractivity contribution in [2.75, 3.05) is 11.9 Å². The van der Waals surface area contributed by atoms with Crippen LogP contribution in [0, 0.1) is 5.41 Å². The van der Waals surface area contributed by atoms with Crippen LogP contribution in [0.15, 0.2) is 24.3 Å². The van der Waals surface area contributed by atoms with Crippen molar-refractivity contribution >= 4 is 15.9 Å². The molecule has 21 heavy (non-hydrogen) atoms. The largest absolute Gasteiger partial charge is 0.494 e. The van der Waals surface area contributed by atoms with E-state index in [0.29, 0.717) is 5.41 Å². The zero-order chi connectivity index (χ0) is 15.9. The van der Waals surface area contributed by atoms with Gasteiger partial charge in [0.15, 0.2) is 0 Å². The number of alkyl halides is 1. The molecule has 0 aromatic heterocycles. The average Bonchev–Trinajstić information content (AvgIpc) is 2.36. The summed E-state index contributed by atoms with van der Waals surface area (Å²) >= 11 is 3.45. The summed E-state index contributed by atoms with van der Waals surface area (Å²) in [5.74, 6) is 0.990. The lowest BCUT2D eigenvalue weighted by Crippen LogP contribution is -2.24. The van der Waals surface area contributed by atoms with Crippen LogP contribution in [0.4, 0.5) is 0 Å². The Morgan fingerprint density at radius 1 is 0.905 bits per heavy atom. The maximum atomic E-state index is 5.81. The van der Waals surface area contributed by atoms with Crippen molar-refractivity contribution in [3.8, 4) is 5.75 Å². The van der Waals surface area contributed by atoms with E-state index < -0.39 is 0 Å². The second-order valence-corrected chi connectivity index (χ2v) is 8.54. The first-order valence-corrected chi connectivity index (χ1v) is 9.16. The molecule has 1 nitrogen and oxygen atoms in total. The smallest absolute Gasteiger partial charge is 0.119 e. The van der Waals surface area contributed by atoms with Gasteiger partial charge in [-0.3, -0.25) is 0 Å². The predicted octanol–water partition coefficient (Wildman–Crippen LogP) is 6.34. The van der Waals surface area contributed by atoms with Crippen LogP contribution in [0.3, 0.4) is 0 Å². The highest BCUT2D eigenvalue weighted by molar-refractivity contribution is 9.09. The fourth-order valence-corrected chi connectivity index (χ4v) is 3.39. The zero-order valence-corrected chi connectivity index (χ0v) is 15.9. The Morgan fingerprint density at radius 3 is 2.05 bits per heavy atom. The third kappa shape index (κ3) is 7.35. The van der Waals surface area contributed by atoms with Gasteiger partial charge in [-0.1, -0.05) is 62.7 Å². The Kier molecular flexibility index (Phi) is 7.26. The van der Waals surface area contributed by atoms with Gasteiger partial charge < -0.3 is 4.74 Å². The van der Waals surface area contributed by atoms with E-state index in [1.807, 2.05) is 0 Å². The number of halogens is 1. The number of benzene rings is 1. The fourth-order valence-electron chi connectivity index (χ4n) is 2.99. The molecule has 0 N–H and O–H groups in total. The van der Waals surface area contributed by atoms with Crippen LogP contribution in [-0.2, 0) is 5.41 Å². The second-order valence-electron chi connectivity index (χ2n) is 7.74. The lowest BCUT2D eigenvalue weighted by atomic mass is 9.72. The SMILES string of the molecule is CC(C)(C)CC(C)(C)c1ccc(OCCCCCBr)cc1. The number of rotatable bonds is 8. The summed E-state index contributed by atoms with van der Waals surface area (Å²) in [6.07, 6.45) is 4.75. The third-order valence-corrected chi connectivity index (χ3v) is 4.22. The average molecular weight is 355 g/mol. The molecular formula is C19H31BrO. The molecule has 0 unspecified atom stereocenters. The molecule has 0 saturated heterocycles. The summed E-state index contributed by atoms with van der Waals surface area (Å²) in [7, 11) is 0. The van der Waals surface area contributed by atoms with Crippen LogP contribution in [0.1, 0.15) is 65.9 Å². The number of ether oxygens (including phenoxy) is 1. The van der Waals surface area contributed by atoms with Gasteiger partial charge in [0.1, 0.15) is 5.75 Å². The highest BCUT2D eigenvalue weighted by atomic mass is 79.9. The first-order chi connectivity index (χ1) is 9.74. The molecule has 1 aromatic rings. The normalized spacial score (nSPS) is 12.5. The lowest BCUT2D eigenvalue weighted by Gasteiger charge is -2.33. The summed E-state index contributed by atoms with van der Waals surface area (Å²) in [5.41, 5.74) is 1.94. The highest BCUT2D eigenvalue weighted by Crippen LogP contribution is 2.36. The van der Waals surface area contributed by atoms with E-state index in [-0.39, 0.29) is 5.41 Å². The molecule has 0 atom stereocenters. The topological polar surface area (TPSA) is 9.23 Å². The van der Waals surface area contributed by atoms with E-state index in [0.717, 1.165) is 24.1 Å². The molecule has 2 heteroatoms. The van der Waals surface area contributed by atoms with Crippen LogP contribution >= 0.6 is 15.9 Å². The molecular weight excluding hydrogens is 324 g/mol. The highest BCUT2D eigenvalue weighted by Gasteiger charge is 2.27. The molecule has 1 rings (SSSR count). The van der Waals surface area contributed by atoms with E-state index in [2.05, 4.69) is 74.8 Å². The van der Waals surface area contributed by atoms with Crippen molar-refractivity contribution in [3.05, 3.63) is 29.8 Å². The van der Waals surface area contributed by atoms with Crippen molar-refractivity contribution in [1.82, 2.24) is 0 Å². The third-order valence-electron chi connectivity index (χ3n) is 3.65. The van der Waals surface area contributed by atoms with Gasteiger partial charge in [-0.15, -0.1) is 0 Å². The van der Waals surface area contributed by atoms with Gasteiger partial charge in [-0.05, 0) is 54.2 Å². The Hall–Kier alpha value is -0.500.